The van der Waals surface area contributed by atoms with Gasteiger partial charge in [0.05, 0.1) is 19.6 Å². The number of fused-ring (bicyclic) bond motifs is 1. The van der Waals surface area contributed by atoms with Gasteiger partial charge in [-0.2, -0.15) is 0 Å². The minimum absolute atomic E-state index is 0.156. The topological polar surface area (TPSA) is 58.2 Å². The number of aromatic nitrogens is 2. The molecule has 1 saturated heterocycles. The number of amides is 1. The molecule has 0 unspecified atom stereocenters. The number of morpholine rings is 1. The number of aryl methyl sites for hydroxylation is 3. The summed E-state index contributed by atoms with van der Waals surface area (Å²) in [7, 11) is 0. The Kier molecular flexibility index (Phi) is 4.10. The molecule has 1 aromatic heterocycles. The van der Waals surface area contributed by atoms with Crippen LogP contribution in [0.5, 0.6) is 0 Å². The summed E-state index contributed by atoms with van der Waals surface area (Å²) in [5, 5.41) is 0. The first-order chi connectivity index (χ1) is 11.7. The SMILES string of the molecule is Cc1cnc([C@@H]2CN(C(=O)Cc3ccc4c(c3)CCC4)CCO2)[nH]1. The molecule has 1 amide bonds. The van der Waals surface area contributed by atoms with Crippen LogP contribution in [0.25, 0.3) is 0 Å². The monoisotopic (exact) mass is 325 g/mol. The van der Waals surface area contributed by atoms with Gasteiger partial charge in [-0.3, -0.25) is 4.79 Å². The molecule has 0 spiro atoms. The Labute approximate surface area is 142 Å². The third kappa shape index (κ3) is 3.08. The average Bonchev–Trinajstić information content (AvgIpc) is 3.23. The van der Waals surface area contributed by atoms with Gasteiger partial charge in [-0.1, -0.05) is 18.2 Å². The zero-order chi connectivity index (χ0) is 16.5. The highest BCUT2D eigenvalue weighted by Crippen LogP contribution is 2.24. The van der Waals surface area contributed by atoms with E-state index in [4.69, 9.17) is 4.74 Å². The normalized spacial score (nSPS) is 20.2. The molecule has 5 nitrogen and oxygen atoms in total. The molecule has 0 saturated carbocycles. The molecule has 1 atom stereocenters. The Hall–Kier alpha value is -2.14. The number of carbonyl (C=O) groups excluding carboxylic acids is 1. The van der Waals surface area contributed by atoms with E-state index in [0.717, 1.165) is 23.5 Å². The second kappa shape index (κ2) is 6.40. The van der Waals surface area contributed by atoms with Crippen LogP contribution in [-0.2, 0) is 28.8 Å². The number of benzene rings is 1. The number of H-pyrrole nitrogens is 1. The molecule has 2 aromatic rings. The maximum Gasteiger partial charge on any atom is 0.227 e. The quantitative estimate of drug-likeness (QED) is 0.942. The first-order valence-corrected chi connectivity index (χ1v) is 8.70. The van der Waals surface area contributed by atoms with Crippen molar-refractivity contribution in [3.05, 3.63) is 52.6 Å². The number of imidazole rings is 1. The van der Waals surface area contributed by atoms with Crippen LogP contribution in [-0.4, -0.2) is 40.5 Å². The van der Waals surface area contributed by atoms with Crippen molar-refractivity contribution in [1.82, 2.24) is 14.9 Å². The second-order valence-corrected chi connectivity index (χ2v) is 6.78. The molecule has 1 fully saturated rings. The number of hydrogen-bond acceptors (Lipinski definition) is 3. The highest BCUT2D eigenvalue weighted by molar-refractivity contribution is 5.79. The molecule has 0 bridgehead atoms. The Balaban J connectivity index is 1.42. The van der Waals surface area contributed by atoms with E-state index >= 15 is 0 Å². The second-order valence-electron chi connectivity index (χ2n) is 6.78. The molecule has 24 heavy (non-hydrogen) atoms. The van der Waals surface area contributed by atoms with E-state index in [0.29, 0.717) is 26.1 Å². The van der Waals surface area contributed by atoms with Crippen molar-refractivity contribution in [2.45, 2.75) is 38.7 Å². The molecule has 1 aromatic carbocycles. The zero-order valence-electron chi connectivity index (χ0n) is 14.0. The fourth-order valence-corrected chi connectivity index (χ4v) is 3.66. The van der Waals surface area contributed by atoms with E-state index in [-0.39, 0.29) is 12.0 Å². The van der Waals surface area contributed by atoms with Crippen LogP contribution in [0, 0.1) is 6.92 Å². The largest absolute Gasteiger partial charge is 0.367 e. The van der Waals surface area contributed by atoms with Gasteiger partial charge in [0, 0.05) is 18.4 Å². The van der Waals surface area contributed by atoms with Crippen molar-refractivity contribution in [1.29, 1.82) is 0 Å². The van der Waals surface area contributed by atoms with Gasteiger partial charge in [0.2, 0.25) is 5.91 Å². The van der Waals surface area contributed by atoms with E-state index in [2.05, 4.69) is 28.2 Å². The fraction of sp³-hybridized carbons (Fsp3) is 0.474. The maximum atomic E-state index is 12.7. The van der Waals surface area contributed by atoms with Crippen LogP contribution >= 0.6 is 0 Å². The molecule has 4 rings (SSSR count). The summed E-state index contributed by atoms with van der Waals surface area (Å²) in [5.41, 5.74) is 5.00. The molecular formula is C19H23N3O2. The van der Waals surface area contributed by atoms with E-state index in [1.807, 2.05) is 11.8 Å². The number of aromatic amines is 1. The number of nitrogens with zero attached hydrogens (tertiary/aromatic N) is 2. The Morgan fingerprint density at radius 3 is 3.08 bits per heavy atom. The van der Waals surface area contributed by atoms with Gasteiger partial charge in [0.1, 0.15) is 11.9 Å². The highest BCUT2D eigenvalue weighted by Gasteiger charge is 2.27. The lowest BCUT2D eigenvalue weighted by atomic mass is 10.0. The van der Waals surface area contributed by atoms with Crippen LogP contribution in [0.4, 0.5) is 0 Å². The van der Waals surface area contributed by atoms with Crippen LogP contribution in [0.3, 0.4) is 0 Å². The van der Waals surface area contributed by atoms with Gasteiger partial charge in [-0.05, 0) is 42.9 Å². The lowest BCUT2D eigenvalue weighted by Crippen LogP contribution is -2.43. The van der Waals surface area contributed by atoms with Crippen LogP contribution in [0.1, 0.15) is 40.7 Å². The van der Waals surface area contributed by atoms with E-state index in [1.165, 1.54) is 24.0 Å². The first-order valence-electron chi connectivity index (χ1n) is 8.70. The van der Waals surface area contributed by atoms with Crippen LogP contribution in [0.2, 0.25) is 0 Å². The van der Waals surface area contributed by atoms with Crippen molar-refractivity contribution < 1.29 is 9.53 Å². The lowest BCUT2D eigenvalue weighted by molar-refractivity contribution is -0.138. The van der Waals surface area contributed by atoms with Gasteiger partial charge < -0.3 is 14.6 Å². The predicted octanol–water partition coefficient (Wildman–Crippen LogP) is 2.35. The molecule has 126 valence electrons. The van der Waals surface area contributed by atoms with E-state index in [9.17, 15) is 4.79 Å². The summed E-state index contributed by atoms with van der Waals surface area (Å²) < 4.78 is 5.78. The first kappa shape index (κ1) is 15.4. The Bertz CT molecular complexity index is 753. The van der Waals surface area contributed by atoms with Crippen molar-refractivity contribution in [3.63, 3.8) is 0 Å². The van der Waals surface area contributed by atoms with Gasteiger partial charge >= 0.3 is 0 Å². The number of nitrogens with one attached hydrogen (secondary N) is 1. The average molecular weight is 325 g/mol. The molecule has 2 aliphatic rings. The molecule has 1 aliphatic carbocycles. The minimum Gasteiger partial charge on any atom is -0.367 e. The summed E-state index contributed by atoms with van der Waals surface area (Å²) >= 11 is 0. The van der Waals surface area contributed by atoms with E-state index in [1.54, 1.807) is 6.20 Å². The summed E-state index contributed by atoms with van der Waals surface area (Å²) in [6.45, 7) is 3.74. The molecule has 1 aliphatic heterocycles. The lowest BCUT2D eigenvalue weighted by Gasteiger charge is -2.32. The summed E-state index contributed by atoms with van der Waals surface area (Å²) in [6.07, 6.45) is 5.67. The van der Waals surface area contributed by atoms with E-state index < -0.39 is 0 Å². The number of ether oxygens (including phenoxy) is 1. The summed E-state index contributed by atoms with van der Waals surface area (Å²) in [5.74, 6) is 0.979. The standard InChI is InChI=1S/C19H23N3O2/c1-13-11-20-19(21-13)17-12-22(7-8-24-17)18(23)10-14-5-6-15-3-2-4-16(15)9-14/h5-6,9,11,17H,2-4,7-8,10,12H2,1H3,(H,20,21)/t17-/m0/s1. The van der Waals surface area contributed by atoms with Gasteiger partial charge in [0.25, 0.3) is 0 Å². The van der Waals surface area contributed by atoms with Crippen molar-refractivity contribution in [2.24, 2.45) is 0 Å². The Morgan fingerprint density at radius 2 is 2.25 bits per heavy atom. The predicted molar refractivity (Wildman–Crippen MR) is 90.8 cm³/mol. The van der Waals surface area contributed by atoms with Crippen molar-refractivity contribution >= 4 is 5.91 Å². The summed E-state index contributed by atoms with van der Waals surface area (Å²) in [6, 6.07) is 6.52. The number of carbonyl (C=O) groups is 1. The molecule has 0 radical (unpaired) electrons. The summed E-state index contributed by atoms with van der Waals surface area (Å²) in [4.78, 5) is 22.1. The maximum absolute atomic E-state index is 12.7. The van der Waals surface area contributed by atoms with Crippen LogP contribution < -0.4 is 0 Å². The van der Waals surface area contributed by atoms with Crippen LogP contribution in [0.15, 0.2) is 24.4 Å². The van der Waals surface area contributed by atoms with Gasteiger partial charge in [-0.15, -0.1) is 0 Å². The van der Waals surface area contributed by atoms with Crippen molar-refractivity contribution in [2.75, 3.05) is 19.7 Å². The highest BCUT2D eigenvalue weighted by atomic mass is 16.5. The number of hydrogen-bond donors (Lipinski definition) is 1. The smallest absolute Gasteiger partial charge is 0.227 e. The molecular weight excluding hydrogens is 302 g/mol. The number of rotatable bonds is 3. The Morgan fingerprint density at radius 1 is 1.38 bits per heavy atom. The molecule has 2 heterocycles. The molecule has 1 N–H and O–H groups in total. The minimum atomic E-state index is -0.156. The van der Waals surface area contributed by atoms with Crippen molar-refractivity contribution in [3.8, 4) is 0 Å². The zero-order valence-corrected chi connectivity index (χ0v) is 14.0. The fourth-order valence-electron chi connectivity index (χ4n) is 3.66. The molecule has 5 heteroatoms. The van der Waals surface area contributed by atoms with Gasteiger partial charge in [-0.25, -0.2) is 4.98 Å². The van der Waals surface area contributed by atoms with Gasteiger partial charge in [0.15, 0.2) is 0 Å². The third-order valence-corrected chi connectivity index (χ3v) is 4.96. The third-order valence-electron chi connectivity index (χ3n) is 4.96.